The summed E-state index contributed by atoms with van der Waals surface area (Å²) in [5.41, 5.74) is -1.29. The molecule has 1 saturated heterocycles. The van der Waals surface area contributed by atoms with Crippen LogP contribution in [0.25, 0.3) is 0 Å². The van der Waals surface area contributed by atoms with Crippen molar-refractivity contribution in [2.45, 2.75) is 32.0 Å². The lowest BCUT2D eigenvalue weighted by Gasteiger charge is -2.37. The number of hydrogen-bond donors (Lipinski definition) is 1. The summed E-state index contributed by atoms with van der Waals surface area (Å²) in [6, 6.07) is 0. The molecule has 0 saturated carbocycles. The summed E-state index contributed by atoms with van der Waals surface area (Å²) in [5, 5.41) is 2.90. The van der Waals surface area contributed by atoms with Crippen molar-refractivity contribution in [2.75, 3.05) is 13.1 Å². The predicted octanol–water partition coefficient (Wildman–Crippen LogP) is 1.02. The van der Waals surface area contributed by atoms with Crippen LogP contribution >= 0.6 is 0 Å². The van der Waals surface area contributed by atoms with Gasteiger partial charge in [-0.15, -0.1) is 0 Å². The van der Waals surface area contributed by atoms with Crippen LogP contribution < -0.4 is 5.32 Å². The molecule has 0 amide bonds. The summed E-state index contributed by atoms with van der Waals surface area (Å²) in [6.45, 7) is 4.10. The third kappa shape index (κ3) is 1.87. The second-order valence-corrected chi connectivity index (χ2v) is 3.17. The molecule has 2 atom stereocenters. The molecule has 1 rings (SSSR count). The molecule has 2 nitrogen and oxygen atoms in total. The highest BCUT2D eigenvalue weighted by atomic mass is 19.3. The number of rotatable bonds is 1. The van der Waals surface area contributed by atoms with E-state index in [0.717, 1.165) is 0 Å². The van der Waals surface area contributed by atoms with Crippen LogP contribution in [0.15, 0.2) is 0 Å². The van der Waals surface area contributed by atoms with Gasteiger partial charge in [-0.25, -0.2) is 8.78 Å². The first-order valence-corrected chi connectivity index (χ1v) is 3.71. The predicted molar refractivity (Wildman–Crippen MR) is 37.8 cm³/mol. The lowest BCUT2D eigenvalue weighted by atomic mass is 10.1. The van der Waals surface area contributed by atoms with Gasteiger partial charge in [0.15, 0.2) is 0 Å². The van der Waals surface area contributed by atoms with Gasteiger partial charge in [-0.05, 0) is 13.8 Å². The number of morpholine rings is 1. The summed E-state index contributed by atoms with van der Waals surface area (Å²) < 4.78 is 29.7. The Bertz CT molecular complexity index is 142. The van der Waals surface area contributed by atoms with Gasteiger partial charge in [0.05, 0.1) is 6.10 Å². The van der Waals surface area contributed by atoms with E-state index in [9.17, 15) is 8.78 Å². The van der Waals surface area contributed by atoms with Crippen molar-refractivity contribution >= 4 is 0 Å². The molecular weight excluding hydrogens is 152 g/mol. The average molecular weight is 165 g/mol. The van der Waals surface area contributed by atoms with Gasteiger partial charge >= 0.3 is 0 Å². The Morgan fingerprint density at radius 2 is 2.27 bits per heavy atom. The van der Waals surface area contributed by atoms with Crippen LogP contribution in [0.2, 0.25) is 0 Å². The van der Waals surface area contributed by atoms with Crippen LogP contribution in [0, 0.1) is 0 Å². The Kier molecular flexibility index (Phi) is 2.44. The van der Waals surface area contributed by atoms with E-state index in [-0.39, 0.29) is 12.6 Å². The molecule has 0 aromatic rings. The second-order valence-electron chi connectivity index (χ2n) is 3.17. The van der Waals surface area contributed by atoms with E-state index in [1.54, 1.807) is 6.92 Å². The number of halogens is 2. The molecule has 4 heteroatoms. The first-order chi connectivity index (χ1) is 5.04. The lowest BCUT2D eigenvalue weighted by molar-refractivity contribution is -0.169. The smallest absolute Gasteiger partial charge is 0.268 e. The Morgan fingerprint density at radius 3 is 2.64 bits per heavy atom. The molecule has 0 aromatic carbocycles. The van der Waals surface area contributed by atoms with Gasteiger partial charge in [0.1, 0.15) is 5.60 Å². The van der Waals surface area contributed by atoms with Gasteiger partial charge in [-0.1, -0.05) is 0 Å². The maximum absolute atomic E-state index is 12.3. The molecule has 1 N–H and O–H groups in total. The van der Waals surface area contributed by atoms with Gasteiger partial charge < -0.3 is 10.1 Å². The first kappa shape index (κ1) is 8.87. The molecule has 0 bridgehead atoms. The van der Waals surface area contributed by atoms with Crippen LogP contribution in [0.5, 0.6) is 0 Å². The third-order valence-electron chi connectivity index (χ3n) is 1.84. The van der Waals surface area contributed by atoms with E-state index in [0.29, 0.717) is 6.54 Å². The van der Waals surface area contributed by atoms with E-state index < -0.39 is 12.0 Å². The molecule has 1 fully saturated rings. The summed E-state index contributed by atoms with van der Waals surface area (Å²) in [6.07, 6.45) is -2.54. The molecular formula is C7H13F2NO. The van der Waals surface area contributed by atoms with Crippen molar-refractivity contribution in [1.29, 1.82) is 0 Å². The summed E-state index contributed by atoms with van der Waals surface area (Å²) in [4.78, 5) is 0. The standard InChI is InChI=1S/C7H13F2NO/c1-5-3-10-4-7(2,11-5)6(8)9/h5-6,10H,3-4H2,1-2H3/t5-,7+/m1/s1. The Labute approximate surface area is 64.9 Å². The zero-order valence-electron chi connectivity index (χ0n) is 6.73. The molecule has 0 radical (unpaired) electrons. The molecule has 0 unspecified atom stereocenters. The van der Waals surface area contributed by atoms with E-state index in [2.05, 4.69) is 5.32 Å². The number of ether oxygens (including phenoxy) is 1. The van der Waals surface area contributed by atoms with E-state index >= 15 is 0 Å². The van der Waals surface area contributed by atoms with Crippen molar-refractivity contribution < 1.29 is 13.5 Å². The Hall–Kier alpha value is -0.220. The first-order valence-electron chi connectivity index (χ1n) is 3.71. The molecule has 1 aliphatic heterocycles. The van der Waals surface area contributed by atoms with Gasteiger partial charge in [0, 0.05) is 13.1 Å². The highest BCUT2D eigenvalue weighted by molar-refractivity contribution is 4.86. The number of alkyl halides is 2. The van der Waals surface area contributed by atoms with Crippen molar-refractivity contribution in [3.63, 3.8) is 0 Å². The van der Waals surface area contributed by atoms with Gasteiger partial charge in [-0.3, -0.25) is 0 Å². The van der Waals surface area contributed by atoms with Crippen LogP contribution in [0.3, 0.4) is 0 Å². The zero-order valence-corrected chi connectivity index (χ0v) is 6.73. The molecule has 1 aliphatic rings. The number of hydrogen-bond acceptors (Lipinski definition) is 2. The van der Waals surface area contributed by atoms with Crippen molar-refractivity contribution in [3.8, 4) is 0 Å². The number of nitrogens with one attached hydrogen (secondary N) is 1. The topological polar surface area (TPSA) is 21.3 Å². The van der Waals surface area contributed by atoms with Gasteiger partial charge in [0.25, 0.3) is 6.43 Å². The van der Waals surface area contributed by atoms with Crippen molar-refractivity contribution in [1.82, 2.24) is 5.32 Å². The quantitative estimate of drug-likeness (QED) is 0.626. The summed E-state index contributed by atoms with van der Waals surface area (Å²) >= 11 is 0. The Morgan fingerprint density at radius 1 is 1.64 bits per heavy atom. The highest BCUT2D eigenvalue weighted by Gasteiger charge is 2.39. The van der Waals surface area contributed by atoms with Crippen molar-refractivity contribution in [3.05, 3.63) is 0 Å². The monoisotopic (exact) mass is 165 g/mol. The fourth-order valence-electron chi connectivity index (χ4n) is 1.20. The lowest BCUT2D eigenvalue weighted by Crippen LogP contribution is -2.55. The highest BCUT2D eigenvalue weighted by Crippen LogP contribution is 2.23. The molecule has 0 aromatic heterocycles. The molecule has 0 aliphatic carbocycles. The normalized spacial score (nSPS) is 39.5. The van der Waals surface area contributed by atoms with Crippen LogP contribution in [-0.2, 0) is 4.74 Å². The van der Waals surface area contributed by atoms with Crippen molar-refractivity contribution in [2.24, 2.45) is 0 Å². The van der Waals surface area contributed by atoms with E-state index in [1.807, 2.05) is 0 Å². The van der Waals surface area contributed by atoms with E-state index in [1.165, 1.54) is 6.92 Å². The molecule has 11 heavy (non-hydrogen) atoms. The van der Waals surface area contributed by atoms with Crippen LogP contribution in [0.4, 0.5) is 8.78 Å². The second kappa shape index (κ2) is 3.03. The zero-order chi connectivity index (χ0) is 8.48. The Balaban J connectivity index is 2.55. The average Bonchev–Trinajstić information content (AvgIpc) is 1.86. The van der Waals surface area contributed by atoms with Gasteiger partial charge in [0.2, 0.25) is 0 Å². The SMILES string of the molecule is C[C@@H]1CNC[C@@](C)(C(F)F)O1. The minimum absolute atomic E-state index is 0.122. The van der Waals surface area contributed by atoms with Gasteiger partial charge in [-0.2, -0.15) is 0 Å². The molecule has 1 heterocycles. The molecule has 0 spiro atoms. The minimum Gasteiger partial charge on any atom is -0.364 e. The maximum Gasteiger partial charge on any atom is 0.268 e. The fraction of sp³-hybridized carbons (Fsp3) is 1.00. The van der Waals surface area contributed by atoms with Crippen LogP contribution in [0.1, 0.15) is 13.8 Å². The summed E-state index contributed by atoms with van der Waals surface area (Å²) in [7, 11) is 0. The van der Waals surface area contributed by atoms with Crippen LogP contribution in [-0.4, -0.2) is 31.2 Å². The van der Waals surface area contributed by atoms with E-state index in [4.69, 9.17) is 4.74 Å². The minimum atomic E-state index is -2.42. The largest absolute Gasteiger partial charge is 0.364 e. The molecule has 66 valence electrons. The fourth-order valence-corrected chi connectivity index (χ4v) is 1.20. The maximum atomic E-state index is 12.3. The third-order valence-corrected chi connectivity index (χ3v) is 1.84. The summed E-state index contributed by atoms with van der Waals surface area (Å²) in [5.74, 6) is 0.